The Labute approximate surface area is 128 Å². The Hall–Kier alpha value is 0.230. The van der Waals surface area contributed by atoms with Crippen molar-refractivity contribution < 1.29 is 9.84 Å². The molecule has 2 atom stereocenters. The number of rotatable bonds is 7. The largest absolute Gasteiger partial charge is 0.389 e. The second-order valence-electron chi connectivity index (χ2n) is 6.90. The lowest BCUT2D eigenvalue weighted by Crippen LogP contribution is -2.39. The zero-order valence-electron chi connectivity index (χ0n) is 13.1. The standard InChI is InChI=1S/C16H31NO2S/c1-13-4-6-15(7-5-13)19-11-14(18)10-17-12-16(2)8-3-9-20-16/h13-15,17-18H,3-12H2,1-2H3. The van der Waals surface area contributed by atoms with Crippen molar-refractivity contribution in [2.24, 2.45) is 5.92 Å². The van der Waals surface area contributed by atoms with Crippen LogP contribution in [0.2, 0.25) is 0 Å². The van der Waals surface area contributed by atoms with E-state index in [1.807, 2.05) is 0 Å². The molecule has 4 heteroatoms. The summed E-state index contributed by atoms with van der Waals surface area (Å²) in [5.74, 6) is 2.13. The Morgan fingerprint density at radius 3 is 2.75 bits per heavy atom. The molecule has 1 aliphatic heterocycles. The van der Waals surface area contributed by atoms with Gasteiger partial charge in [0.1, 0.15) is 0 Å². The average molecular weight is 301 g/mol. The van der Waals surface area contributed by atoms with Gasteiger partial charge in [-0.15, -0.1) is 0 Å². The molecular weight excluding hydrogens is 270 g/mol. The molecule has 1 aliphatic carbocycles. The minimum Gasteiger partial charge on any atom is -0.389 e. The Kier molecular flexibility index (Phi) is 6.66. The van der Waals surface area contributed by atoms with Crippen LogP contribution < -0.4 is 5.32 Å². The SMILES string of the molecule is CC1CCC(OCC(O)CNCC2(C)CCCS2)CC1. The second-order valence-corrected chi connectivity index (χ2v) is 8.58. The molecule has 0 radical (unpaired) electrons. The maximum Gasteiger partial charge on any atom is 0.0897 e. The molecule has 0 bridgehead atoms. The van der Waals surface area contributed by atoms with Crippen LogP contribution in [0.4, 0.5) is 0 Å². The van der Waals surface area contributed by atoms with E-state index in [2.05, 4.69) is 30.9 Å². The third-order valence-corrected chi connectivity index (χ3v) is 6.20. The van der Waals surface area contributed by atoms with Gasteiger partial charge < -0.3 is 15.2 Å². The molecule has 1 heterocycles. The number of ether oxygens (including phenoxy) is 1. The van der Waals surface area contributed by atoms with Gasteiger partial charge in [0, 0.05) is 17.8 Å². The minimum absolute atomic E-state index is 0.371. The highest BCUT2D eigenvalue weighted by atomic mass is 32.2. The summed E-state index contributed by atoms with van der Waals surface area (Å²) < 4.78 is 6.22. The van der Waals surface area contributed by atoms with E-state index in [0.29, 0.717) is 24.0 Å². The molecule has 2 rings (SSSR count). The van der Waals surface area contributed by atoms with Gasteiger partial charge in [-0.3, -0.25) is 0 Å². The van der Waals surface area contributed by atoms with Gasteiger partial charge in [-0.2, -0.15) is 11.8 Å². The molecule has 0 aromatic heterocycles. The lowest BCUT2D eigenvalue weighted by molar-refractivity contribution is -0.0278. The summed E-state index contributed by atoms with van der Waals surface area (Å²) in [6.45, 7) is 6.77. The van der Waals surface area contributed by atoms with E-state index in [-0.39, 0.29) is 6.10 Å². The summed E-state index contributed by atoms with van der Waals surface area (Å²) in [6, 6.07) is 0. The summed E-state index contributed by atoms with van der Waals surface area (Å²) in [5, 5.41) is 13.4. The van der Waals surface area contributed by atoms with Crippen LogP contribution in [0.25, 0.3) is 0 Å². The van der Waals surface area contributed by atoms with Crippen LogP contribution in [0, 0.1) is 5.92 Å². The van der Waals surface area contributed by atoms with E-state index < -0.39 is 0 Å². The molecule has 118 valence electrons. The van der Waals surface area contributed by atoms with Crippen molar-refractivity contribution >= 4 is 11.8 Å². The number of aliphatic hydroxyl groups excluding tert-OH is 1. The number of hydrogen-bond acceptors (Lipinski definition) is 4. The third kappa shape index (κ3) is 5.55. The van der Waals surface area contributed by atoms with Crippen LogP contribution in [-0.2, 0) is 4.74 Å². The normalized spacial score (nSPS) is 36.1. The fraction of sp³-hybridized carbons (Fsp3) is 1.00. The maximum atomic E-state index is 10.00. The van der Waals surface area contributed by atoms with Gasteiger partial charge >= 0.3 is 0 Å². The van der Waals surface area contributed by atoms with Crippen molar-refractivity contribution in [3.8, 4) is 0 Å². The highest BCUT2D eigenvalue weighted by Gasteiger charge is 2.29. The molecule has 2 fully saturated rings. The van der Waals surface area contributed by atoms with Crippen LogP contribution in [0.1, 0.15) is 52.4 Å². The smallest absolute Gasteiger partial charge is 0.0897 e. The van der Waals surface area contributed by atoms with E-state index in [4.69, 9.17) is 4.74 Å². The first-order valence-electron chi connectivity index (χ1n) is 8.22. The van der Waals surface area contributed by atoms with E-state index in [9.17, 15) is 5.11 Å². The highest BCUT2D eigenvalue weighted by Crippen LogP contribution is 2.36. The van der Waals surface area contributed by atoms with Gasteiger partial charge in [-0.05, 0) is 57.1 Å². The Morgan fingerprint density at radius 2 is 2.10 bits per heavy atom. The molecule has 0 spiro atoms. The topological polar surface area (TPSA) is 41.5 Å². The lowest BCUT2D eigenvalue weighted by atomic mass is 9.89. The van der Waals surface area contributed by atoms with E-state index in [1.54, 1.807) is 0 Å². The molecular formula is C16H31NO2S. The van der Waals surface area contributed by atoms with Gasteiger partial charge in [0.2, 0.25) is 0 Å². The predicted molar refractivity (Wildman–Crippen MR) is 86.3 cm³/mol. The monoisotopic (exact) mass is 301 g/mol. The first kappa shape index (κ1) is 16.6. The van der Waals surface area contributed by atoms with E-state index in [0.717, 1.165) is 25.3 Å². The average Bonchev–Trinajstić information content (AvgIpc) is 2.85. The summed E-state index contributed by atoms with van der Waals surface area (Å²) in [7, 11) is 0. The fourth-order valence-electron chi connectivity index (χ4n) is 3.18. The molecule has 1 saturated carbocycles. The molecule has 1 saturated heterocycles. The van der Waals surface area contributed by atoms with Gasteiger partial charge in [-0.1, -0.05) is 6.92 Å². The highest BCUT2D eigenvalue weighted by molar-refractivity contribution is 8.00. The van der Waals surface area contributed by atoms with Crippen LogP contribution in [0.5, 0.6) is 0 Å². The van der Waals surface area contributed by atoms with Crippen molar-refractivity contribution in [2.45, 2.75) is 69.3 Å². The van der Waals surface area contributed by atoms with E-state index >= 15 is 0 Å². The van der Waals surface area contributed by atoms with Gasteiger partial charge in [-0.25, -0.2) is 0 Å². The molecule has 0 aromatic carbocycles. The van der Waals surface area contributed by atoms with Crippen LogP contribution in [-0.4, -0.2) is 47.5 Å². The number of thioether (sulfide) groups is 1. The lowest BCUT2D eigenvalue weighted by Gasteiger charge is -2.27. The summed E-state index contributed by atoms with van der Waals surface area (Å²) >= 11 is 2.06. The van der Waals surface area contributed by atoms with Crippen molar-refractivity contribution in [3.05, 3.63) is 0 Å². The second kappa shape index (κ2) is 8.02. The number of hydrogen-bond donors (Lipinski definition) is 2. The molecule has 0 aromatic rings. The van der Waals surface area contributed by atoms with Gasteiger partial charge in [0.05, 0.1) is 18.8 Å². The van der Waals surface area contributed by atoms with Crippen LogP contribution >= 0.6 is 11.8 Å². The molecule has 2 aliphatic rings. The van der Waals surface area contributed by atoms with E-state index in [1.165, 1.54) is 31.4 Å². The maximum absolute atomic E-state index is 10.00. The summed E-state index contributed by atoms with van der Waals surface area (Å²) in [5.41, 5.74) is 0. The van der Waals surface area contributed by atoms with Crippen molar-refractivity contribution in [1.82, 2.24) is 5.32 Å². The summed E-state index contributed by atoms with van der Waals surface area (Å²) in [4.78, 5) is 0. The van der Waals surface area contributed by atoms with Crippen LogP contribution in [0.15, 0.2) is 0 Å². The molecule has 2 N–H and O–H groups in total. The zero-order chi connectivity index (χ0) is 14.4. The fourth-order valence-corrected chi connectivity index (χ4v) is 4.46. The van der Waals surface area contributed by atoms with Crippen molar-refractivity contribution in [2.75, 3.05) is 25.4 Å². The third-order valence-electron chi connectivity index (χ3n) is 4.67. The van der Waals surface area contributed by atoms with Gasteiger partial charge in [0.15, 0.2) is 0 Å². The molecule has 0 amide bonds. The number of aliphatic hydroxyl groups is 1. The molecule has 20 heavy (non-hydrogen) atoms. The van der Waals surface area contributed by atoms with Crippen molar-refractivity contribution in [1.29, 1.82) is 0 Å². The first-order valence-corrected chi connectivity index (χ1v) is 9.20. The Balaban J connectivity index is 1.53. The first-order chi connectivity index (χ1) is 9.57. The Bertz CT molecular complexity index is 274. The van der Waals surface area contributed by atoms with Gasteiger partial charge in [0.25, 0.3) is 0 Å². The zero-order valence-corrected chi connectivity index (χ0v) is 13.9. The van der Waals surface area contributed by atoms with Crippen LogP contribution in [0.3, 0.4) is 0 Å². The Morgan fingerprint density at radius 1 is 1.35 bits per heavy atom. The summed E-state index contributed by atoms with van der Waals surface area (Å²) in [6.07, 6.45) is 7.49. The molecule has 2 unspecified atom stereocenters. The molecule has 3 nitrogen and oxygen atoms in total. The quantitative estimate of drug-likeness (QED) is 0.759. The number of nitrogens with one attached hydrogen (secondary N) is 1. The minimum atomic E-state index is -0.371. The van der Waals surface area contributed by atoms with Crippen molar-refractivity contribution in [3.63, 3.8) is 0 Å². The predicted octanol–water partition coefficient (Wildman–Crippen LogP) is 2.82.